The lowest BCUT2D eigenvalue weighted by Crippen LogP contribution is -2.08. The molecule has 8 heteroatoms. The van der Waals surface area contributed by atoms with Crippen molar-refractivity contribution >= 4 is 11.8 Å². The predicted molar refractivity (Wildman–Crippen MR) is 70.2 cm³/mol. The van der Waals surface area contributed by atoms with Crippen LogP contribution in [-0.4, -0.2) is 42.3 Å². The average molecular weight is 278 g/mol. The van der Waals surface area contributed by atoms with Crippen LogP contribution in [0.2, 0.25) is 0 Å². The highest BCUT2D eigenvalue weighted by Gasteiger charge is 2.19. The Labute approximate surface area is 115 Å². The fourth-order valence-electron chi connectivity index (χ4n) is 1.68. The van der Waals surface area contributed by atoms with Gasteiger partial charge in [0.1, 0.15) is 0 Å². The first-order valence-electron chi connectivity index (χ1n) is 5.64. The van der Waals surface area contributed by atoms with Crippen LogP contribution in [0.1, 0.15) is 10.5 Å². The molecule has 0 aliphatic rings. The summed E-state index contributed by atoms with van der Waals surface area (Å²) < 4.78 is 16.2. The standard InChI is InChI=1S/C12H14N4O4/c1-18-8-5-4-7(6-9(8)19-2)16-11(13)10(14-15-16)12(17)20-3/h4-6H,13H2,1-3H3. The smallest absolute Gasteiger partial charge is 0.362 e. The summed E-state index contributed by atoms with van der Waals surface area (Å²) in [6.45, 7) is 0. The summed E-state index contributed by atoms with van der Waals surface area (Å²) in [6, 6.07) is 5.09. The van der Waals surface area contributed by atoms with Crippen molar-refractivity contribution in [3.8, 4) is 17.2 Å². The zero-order valence-corrected chi connectivity index (χ0v) is 11.3. The van der Waals surface area contributed by atoms with Crippen LogP contribution >= 0.6 is 0 Å². The van der Waals surface area contributed by atoms with E-state index in [2.05, 4.69) is 15.0 Å². The molecule has 0 spiro atoms. The number of carbonyl (C=O) groups is 1. The lowest BCUT2D eigenvalue weighted by Gasteiger charge is -2.09. The van der Waals surface area contributed by atoms with E-state index in [-0.39, 0.29) is 11.5 Å². The molecular formula is C12H14N4O4. The van der Waals surface area contributed by atoms with Gasteiger partial charge in [-0.25, -0.2) is 4.79 Å². The van der Waals surface area contributed by atoms with Crippen molar-refractivity contribution in [2.24, 2.45) is 0 Å². The van der Waals surface area contributed by atoms with Gasteiger partial charge in [0.25, 0.3) is 0 Å². The minimum absolute atomic E-state index is 0.0396. The lowest BCUT2D eigenvalue weighted by molar-refractivity contribution is 0.0595. The number of rotatable bonds is 4. The topological polar surface area (TPSA) is 101 Å². The molecule has 0 aliphatic heterocycles. The molecule has 1 aromatic carbocycles. The van der Waals surface area contributed by atoms with Gasteiger partial charge in [0.15, 0.2) is 17.3 Å². The Morgan fingerprint density at radius 3 is 2.50 bits per heavy atom. The van der Waals surface area contributed by atoms with Gasteiger partial charge in [-0.3, -0.25) is 0 Å². The minimum atomic E-state index is -0.644. The van der Waals surface area contributed by atoms with Crippen LogP contribution in [0.15, 0.2) is 18.2 Å². The molecule has 2 rings (SSSR count). The largest absolute Gasteiger partial charge is 0.493 e. The number of esters is 1. The molecular weight excluding hydrogens is 264 g/mol. The van der Waals surface area contributed by atoms with E-state index < -0.39 is 5.97 Å². The van der Waals surface area contributed by atoms with E-state index in [1.807, 2.05) is 0 Å². The van der Waals surface area contributed by atoms with Crippen LogP contribution in [0.25, 0.3) is 5.69 Å². The number of hydrogen-bond acceptors (Lipinski definition) is 7. The lowest BCUT2D eigenvalue weighted by atomic mass is 10.2. The molecule has 0 unspecified atom stereocenters. The maximum absolute atomic E-state index is 11.4. The number of hydrogen-bond donors (Lipinski definition) is 1. The van der Waals surface area contributed by atoms with E-state index in [0.29, 0.717) is 17.2 Å². The van der Waals surface area contributed by atoms with Gasteiger partial charge in [-0.15, -0.1) is 5.10 Å². The summed E-state index contributed by atoms with van der Waals surface area (Å²) in [6.07, 6.45) is 0. The first-order valence-corrected chi connectivity index (χ1v) is 5.64. The molecule has 106 valence electrons. The molecule has 1 heterocycles. The molecule has 0 radical (unpaired) electrons. The van der Waals surface area contributed by atoms with Crippen molar-refractivity contribution in [1.82, 2.24) is 15.0 Å². The first-order chi connectivity index (χ1) is 9.62. The highest BCUT2D eigenvalue weighted by atomic mass is 16.5. The number of nitrogens with zero attached hydrogens (tertiary/aromatic N) is 3. The molecule has 0 saturated heterocycles. The fraction of sp³-hybridized carbons (Fsp3) is 0.250. The van der Waals surface area contributed by atoms with Crippen molar-refractivity contribution in [3.63, 3.8) is 0 Å². The molecule has 0 bridgehead atoms. The van der Waals surface area contributed by atoms with E-state index in [9.17, 15) is 4.79 Å². The van der Waals surface area contributed by atoms with Gasteiger partial charge in [0, 0.05) is 6.07 Å². The van der Waals surface area contributed by atoms with Gasteiger partial charge in [-0.2, -0.15) is 4.68 Å². The third kappa shape index (κ3) is 2.22. The van der Waals surface area contributed by atoms with E-state index in [1.54, 1.807) is 18.2 Å². The second-order valence-electron chi connectivity index (χ2n) is 3.77. The van der Waals surface area contributed by atoms with Crippen LogP contribution in [0.3, 0.4) is 0 Å². The van der Waals surface area contributed by atoms with Gasteiger partial charge in [0.05, 0.1) is 27.0 Å². The zero-order chi connectivity index (χ0) is 14.7. The SMILES string of the molecule is COC(=O)c1nnn(-c2ccc(OC)c(OC)c2)c1N. The molecule has 20 heavy (non-hydrogen) atoms. The summed E-state index contributed by atoms with van der Waals surface area (Å²) in [7, 11) is 4.31. The Morgan fingerprint density at radius 2 is 1.90 bits per heavy atom. The van der Waals surface area contributed by atoms with Crippen molar-refractivity contribution < 1.29 is 19.0 Å². The second-order valence-corrected chi connectivity index (χ2v) is 3.77. The van der Waals surface area contributed by atoms with Crippen molar-refractivity contribution in [2.45, 2.75) is 0 Å². The average Bonchev–Trinajstić information content (AvgIpc) is 2.87. The summed E-state index contributed by atoms with van der Waals surface area (Å²) in [5.41, 5.74) is 6.39. The molecule has 0 fully saturated rings. The molecule has 2 N–H and O–H groups in total. The Balaban J connectivity index is 2.47. The Hall–Kier alpha value is -2.77. The van der Waals surface area contributed by atoms with Crippen molar-refractivity contribution in [2.75, 3.05) is 27.1 Å². The Morgan fingerprint density at radius 1 is 1.20 bits per heavy atom. The maximum Gasteiger partial charge on any atom is 0.362 e. The minimum Gasteiger partial charge on any atom is -0.493 e. The number of methoxy groups -OCH3 is 3. The van der Waals surface area contributed by atoms with E-state index in [0.717, 1.165) is 0 Å². The molecule has 2 aromatic rings. The van der Waals surface area contributed by atoms with Crippen LogP contribution in [0, 0.1) is 0 Å². The zero-order valence-electron chi connectivity index (χ0n) is 11.3. The van der Waals surface area contributed by atoms with Gasteiger partial charge in [-0.1, -0.05) is 5.21 Å². The third-order valence-electron chi connectivity index (χ3n) is 2.70. The quantitative estimate of drug-likeness (QED) is 0.819. The number of carbonyl (C=O) groups excluding carboxylic acids is 1. The molecule has 0 saturated carbocycles. The monoisotopic (exact) mass is 278 g/mol. The summed E-state index contributed by atoms with van der Waals surface area (Å²) in [5, 5.41) is 7.53. The van der Waals surface area contributed by atoms with Crippen LogP contribution in [0.5, 0.6) is 11.5 Å². The number of anilines is 1. The third-order valence-corrected chi connectivity index (χ3v) is 2.70. The molecule has 8 nitrogen and oxygen atoms in total. The van der Waals surface area contributed by atoms with Gasteiger partial charge in [0.2, 0.25) is 5.69 Å². The highest BCUT2D eigenvalue weighted by Crippen LogP contribution is 2.29. The van der Waals surface area contributed by atoms with Crippen molar-refractivity contribution in [3.05, 3.63) is 23.9 Å². The molecule has 0 amide bonds. The van der Waals surface area contributed by atoms with Crippen LogP contribution in [0.4, 0.5) is 5.82 Å². The van der Waals surface area contributed by atoms with E-state index in [4.69, 9.17) is 15.2 Å². The van der Waals surface area contributed by atoms with Crippen LogP contribution < -0.4 is 15.2 Å². The maximum atomic E-state index is 11.4. The Bertz CT molecular complexity index is 638. The van der Waals surface area contributed by atoms with Crippen LogP contribution in [-0.2, 0) is 4.74 Å². The Kier molecular flexibility index (Phi) is 3.74. The van der Waals surface area contributed by atoms with Crippen molar-refractivity contribution in [1.29, 1.82) is 0 Å². The number of aromatic nitrogens is 3. The summed E-state index contributed by atoms with van der Waals surface area (Å²) in [5.74, 6) is 0.529. The molecule has 0 atom stereocenters. The van der Waals surface area contributed by atoms with Gasteiger partial charge in [-0.05, 0) is 12.1 Å². The van der Waals surface area contributed by atoms with E-state index in [1.165, 1.54) is 26.0 Å². The number of benzene rings is 1. The number of nitrogen functional groups attached to an aromatic ring is 1. The van der Waals surface area contributed by atoms with E-state index >= 15 is 0 Å². The summed E-state index contributed by atoms with van der Waals surface area (Å²) >= 11 is 0. The molecule has 0 aliphatic carbocycles. The fourth-order valence-corrected chi connectivity index (χ4v) is 1.68. The first kappa shape index (κ1) is 13.7. The van der Waals surface area contributed by atoms with Gasteiger partial charge >= 0.3 is 5.97 Å². The normalized spacial score (nSPS) is 10.2. The summed E-state index contributed by atoms with van der Waals surface area (Å²) in [4.78, 5) is 11.4. The number of ether oxygens (including phenoxy) is 3. The predicted octanol–water partition coefficient (Wildman–Crippen LogP) is 0.653. The second kappa shape index (κ2) is 5.47. The molecule has 1 aromatic heterocycles. The number of nitrogens with two attached hydrogens (primary N) is 1. The van der Waals surface area contributed by atoms with Gasteiger partial charge < -0.3 is 19.9 Å². The highest BCUT2D eigenvalue weighted by molar-refractivity contribution is 5.92.